The molecule has 1 rings (SSSR count). The van der Waals surface area contributed by atoms with Crippen LogP contribution in [0.4, 0.5) is 4.79 Å². The fourth-order valence-electron chi connectivity index (χ4n) is 1.24. The van der Waals surface area contributed by atoms with Crippen LogP contribution in [-0.4, -0.2) is 23.3 Å². The van der Waals surface area contributed by atoms with E-state index in [4.69, 9.17) is 0 Å². The lowest BCUT2D eigenvalue weighted by Crippen LogP contribution is -2.44. The molecular weight excluding hydrogens is 216 g/mol. The number of nitrogens with one attached hydrogen (secondary N) is 2. The molecule has 0 aliphatic carbocycles. The zero-order valence-electron chi connectivity index (χ0n) is 10.4. The van der Waals surface area contributed by atoms with Crippen LogP contribution in [0.5, 0.6) is 0 Å². The first-order valence-corrected chi connectivity index (χ1v) is 5.81. The van der Waals surface area contributed by atoms with Crippen molar-refractivity contribution in [2.75, 3.05) is 6.54 Å². The standard InChI is InChI=1S/C13H20N2O2/c1-3-13(2,17)10-15-12(16)14-9-11-7-5-4-6-8-11/h4-8,17H,3,9-10H2,1-2H3,(H2,14,15,16)/t13-/m0/s1. The Kier molecular flexibility index (Phi) is 4.97. The van der Waals surface area contributed by atoms with E-state index in [9.17, 15) is 9.90 Å². The summed E-state index contributed by atoms with van der Waals surface area (Å²) >= 11 is 0. The van der Waals surface area contributed by atoms with Crippen molar-refractivity contribution < 1.29 is 9.90 Å². The van der Waals surface area contributed by atoms with Gasteiger partial charge in [-0.2, -0.15) is 0 Å². The molecule has 0 saturated carbocycles. The summed E-state index contributed by atoms with van der Waals surface area (Å²) in [6.45, 7) is 4.32. The Balaban J connectivity index is 2.27. The molecule has 3 N–H and O–H groups in total. The summed E-state index contributed by atoms with van der Waals surface area (Å²) in [6, 6.07) is 9.42. The first-order valence-electron chi connectivity index (χ1n) is 5.81. The molecule has 0 fully saturated rings. The highest BCUT2D eigenvalue weighted by Crippen LogP contribution is 2.05. The van der Waals surface area contributed by atoms with Crippen LogP contribution in [0.15, 0.2) is 30.3 Å². The van der Waals surface area contributed by atoms with Crippen molar-refractivity contribution in [2.45, 2.75) is 32.4 Å². The van der Waals surface area contributed by atoms with E-state index in [-0.39, 0.29) is 12.6 Å². The minimum atomic E-state index is -0.843. The van der Waals surface area contributed by atoms with Crippen molar-refractivity contribution in [3.8, 4) is 0 Å². The SMILES string of the molecule is CC[C@](C)(O)CNC(=O)NCc1ccccc1. The van der Waals surface area contributed by atoms with Crippen molar-refractivity contribution in [3.63, 3.8) is 0 Å². The maximum atomic E-state index is 11.4. The summed E-state index contributed by atoms with van der Waals surface area (Å²) in [5.41, 5.74) is 0.203. The normalized spacial score (nSPS) is 13.8. The molecule has 0 bridgehead atoms. The van der Waals surface area contributed by atoms with Gasteiger partial charge in [-0.3, -0.25) is 0 Å². The van der Waals surface area contributed by atoms with Crippen molar-refractivity contribution >= 4 is 6.03 Å². The molecule has 0 aliphatic heterocycles. The number of hydrogen-bond acceptors (Lipinski definition) is 2. The molecule has 4 nitrogen and oxygen atoms in total. The highest BCUT2D eigenvalue weighted by atomic mass is 16.3. The second kappa shape index (κ2) is 6.25. The monoisotopic (exact) mass is 236 g/mol. The average molecular weight is 236 g/mol. The number of aliphatic hydroxyl groups is 1. The number of amides is 2. The molecule has 0 spiro atoms. The van der Waals surface area contributed by atoms with Crippen LogP contribution in [0.3, 0.4) is 0 Å². The quantitative estimate of drug-likeness (QED) is 0.728. The van der Waals surface area contributed by atoms with Crippen LogP contribution < -0.4 is 10.6 Å². The van der Waals surface area contributed by atoms with Gasteiger partial charge in [-0.25, -0.2) is 4.79 Å². The third kappa shape index (κ3) is 5.36. The fourth-order valence-corrected chi connectivity index (χ4v) is 1.24. The molecule has 0 aromatic heterocycles. The summed E-state index contributed by atoms with van der Waals surface area (Å²) in [5, 5.41) is 15.1. The van der Waals surface area contributed by atoms with E-state index in [0.717, 1.165) is 5.56 Å². The van der Waals surface area contributed by atoms with Crippen LogP contribution in [0.25, 0.3) is 0 Å². The lowest BCUT2D eigenvalue weighted by Gasteiger charge is -2.21. The molecule has 1 aromatic carbocycles. The third-order valence-electron chi connectivity index (χ3n) is 2.69. The van der Waals surface area contributed by atoms with E-state index in [1.807, 2.05) is 37.3 Å². The Morgan fingerprint density at radius 1 is 1.29 bits per heavy atom. The summed E-state index contributed by atoms with van der Waals surface area (Å²) in [6.07, 6.45) is 0.603. The van der Waals surface area contributed by atoms with Crippen molar-refractivity contribution in [2.24, 2.45) is 0 Å². The number of carbonyl (C=O) groups excluding carboxylic acids is 1. The molecule has 0 aliphatic rings. The molecule has 4 heteroatoms. The maximum absolute atomic E-state index is 11.4. The third-order valence-corrected chi connectivity index (χ3v) is 2.69. The molecule has 17 heavy (non-hydrogen) atoms. The van der Waals surface area contributed by atoms with Gasteiger partial charge in [0.25, 0.3) is 0 Å². The van der Waals surface area contributed by atoms with Gasteiger partial charge >= 0.3 is 6.03 Å². The van der Waals surface area contributed by atoms with E-state index >= 15 is 0 Å². The number of rotatable bonds is 5. The van der Waals surface area contributed by atoms with Gasteiger partial charge in [-0.1, -0.05) is 37.3 Å². The van der Waals surface area contributed by atoms with Crippen LogP contribution >= 0.6 is 0 Å². The van der Waals surface area contributed by atoms with Gasteiger partial charge in [0.1, 0.15) is 0 Å². The van der Waals surface area contributed by atoms with Crippen LogP contribution in [0, 0.1) is 0 Å². The molecule has 94 valence electrons. The lowest BCUT2D eigenvalue weighted by atomic mass is 10.0. The van der Waals surface area contributed by atoms with Gasteiger partial charge in [0, 0.05) is 13.1 Å². The fraction of sp³-hybridized carbons (Fsp3) is 0.462. The maximum Gasteiger partial charge on any atom is 0.315 e. The first-order chi connectivity index (χ1) is 8.03. The topological polar surface area (TPSA) is 61.4 Å². The van der Waals surface area contributed by atoms with E-state index in [1.165, 1.54) is 0 Å². The van der Waals surface area contributed by atoms with E-state index < -0.39 is 5.60 Å². The Bertz CT molecular complexity index is 350. The van der Waals surface area contributed by atoms with Crippen molar-refractivity contribution in [1.29, 1.82) is 0 Å². The van der Waals surface area contributed by atoms with E-state index in [0.29, 0.717) is 13.0 Å². The molecule has 0 heterocycles. The summed E-state index contributed by atoms with van der Waals surface area (Å²) < 4.78 is 0. The number of hydrogen-bond donors (Lipinski definition) is 3. The number of carbonyl (C=O) groups is 1. The van der Waals surface area contributed by atoms with Gasteiger partial charge in [0.2, 0.25) is 0 Å². The number of benzene rings is 1. The Hall–Kier alpha value is -1.55. The first kappa shape index (κ1) is 13.5. The van der Waals surface area contributed by atoms with Gasteiger partial charge in [0.05, 0.1) is 5.60 Å². The average Bonchev–Trinajstić information content (AvgIpc) is 2.35. The molecule has 1 atom stereocenters. The Morgan fingerprint density at radius 3 is 2.53 bits per heavy atom. The van der Waals surface area contributed by atoms with Gasteiger partial charge in [-0.05, 0) is 18.9 Å². The van der Waals surface area contributed by atoms with Gasteiger partial charge in [0.15, 0.2) is 0 Å². The number of urea groups is 1. The lowest BCUT2D eigenvalue weighted by molar-refractivity contribution is 0.0581. The highest BCUT2D eigenvalue weighted by molar-refractivity contribution is 5.73. The second-order valence-electron chi connectivity index (χ2n) is 4.37. The van der Waals surface area contributed by atoms with Crippen LogP contribution in [0.2, 0.25) is 0 Å². The van der Waals surface area contributed by atoms with E-state index in [2.05, 4.69) is 10.6 Å². The largest absolute Gasteiger partial charge is 0.388 e. The molecule has 2 amide bonds. The minimum Gasteiger partial charge on any atom is -0.388 e. The minimum absolute atomic E-state index is 0.254. The Morgan fingerprint density at radius 2 is 1.94 bits per heavy atom. The molecule has 0 unspecified atom stereocenters. The zero-order chi connectivity index (χ0) is 12.7. The molecule has 1 aromatic rings. The van der Waals surface area contributed by atoms with Gasteiger partial charge in [-0.15, -0.1) is 0 Å². The van der Waals surface area contributed by atoms with E-state index in [1.54, 1.807) is 6.92 Å². The summed E-state index contributed by atoms with van der Waals surface area (Å²) in [7, 11) is 0. The Labute approximate surface area is 102 Å². The summed E-state index contributed by atoms with van der Waals surface area (Å²) in [5.74, 6) is 0. The van der Waals surface area contributed by atoms with Crippen molar-refractivity contribution in [1.82, 2.24) is 10.6 Å². The molecular formula is C13H20N2O2. The second-order valence-corrected chi connectivity index (χ2v) is 4.37. The van der Waals surface area contributed by atoms with Crippen LogP contribution in [-0.2, 0) is 6.54 Å². The predicted octanol–water partition coefficient (Wildman–Crippen LogP) is 1.65. The molecule has 0 saturated heterocycles. The predicted molar refractivity (Wildman–Crippen MR) is 67.6 cm³/mol. The van der Waals surface area contributed by atoms with Gasteiger partial charge < -0.3 is 15.7 Å². The summed E-state index contributed by atoms with van der Waals surface area (Å²) in [4.78, 5) is 11.4. The highest BCUT2D eigenvalue weighted by Gasteiger charge is 2.17. The van der Waals surface area contributed by atoms with Crippen LogP contribution in [0.1, 0.15) is 25.8 Å². The smallest absolute Gasteiger partial charge is 0.315 e. The van der Waals surface area contributed by atoms with Crippen molar-refractivity contribution in [3.05, 3.63) is 35.9 Å². The zero-order valence-corrected chi connectivity index (χ0v) is 10.4. The molecule has 0 radical (unpaired) electrons.